The maximum absolute atomic E-state index is 14.2. The lowest BCUT2D eigenvalue weighted by Crippen LogP contribution is -2.56. The summed E-state index contributed by atoms with van der Waals surface area (Å²) >= 11 is 3.59. The summed E-state index contributed by atoms with van der Waals surface area (Å²) in [7, 11) is 1.71. The molecular weight excluding hydrogens is 525 g/mol. The predicted molar refractivity (Wildman–Crippen MR) is 140 cm³/mol. The van der Waals surface area contributed by atoms with E-state index >= 15 is 0 Å². The Morgan fingerprint density at radius 3 is 2.72 bits per heavy atom. The predicted octanol–water partition coefficient (Wildman–Crippen LogP) is 5.83. The lowest BCUT2D eigenvalue weighted by atomic mass is 9.79. The summed E-state index contributed by atoms with van der Waals surface area (Å²) in [5, 5.41) is 5.97. The Bertz CT molecular complexity index is 1250. The maximum Gasteiger partial charge on any atom is 0.150 e. The maximum atomic E-state index is 14.2. The van der Waals surface area contributed by atoms with Crippen molar-refractivity contribution in [2.24, 2.45) is 5.41 Å². The van der Waals surface area contributed by atoms with E-state index in [1.807, 2.05) is 12.3 Å². The van der Waals surface area contributed by atoms with Crippen molar-refractivity contribution in [2.75, 3.05) is 40.1 Å². The highest BCUT2D eigenvalue weighted by molar-refractivity contribution is 9.10. The summed E-state index contributed by atoms with van der Waals surface area (Å²) in [6.07, 6.45) is 6.15. The van der Waals surface area contributed by atoms with Gasteiger partial charge in [-0.3, -0.25) is 9.29 Å². The number of benzene rings is 2. The Kier molecular flexibility index (Phi) is 6.56. The molecule has 8 heteroatoms. The number of methoxy groups -OCH3 is 1. The van der Waals surface area contributed by atoms with Gasteiger partial charge in [0.2, 0.25) is 0 Å². The van der Waals surface area contributed by atoms with Crippen LogP contribution in [-0.4, -0.2) is 60.9 Å². The monoisotopic (exact) mass is 557 g/mol. The molecule has 2 aromatic carbocycles. The minimum atomic E-state index is -0.445. The topological polar surface area (TPSA) is 48.8 Å². The summed E-state index contributed by atoms with van der Waals surface area (Å²) in [5.74, 6) is 0.824. The fraction of sp³-hybridized carbons (Fsp3) is 0.536. The minimum absolute atomic E-state index is 0.00259. The van der Waals surface area contributed by atoms with Crippen LogP contribution in [-0.2, 0) is 15.9 Å². The molecular formula is C28H33BrFN3O3. The van der Waals surface area contributed by atoms with Crippen LogP contribution >= 0.6 is 15.9 Å². The van der Waals surface area contributed by atoms with Crippen LogP contribution in [0.3, 0.4) is 0 Å². The van der Waals surface area contributed by atoms with E-state index in [4.69, 9.17) is 19.3 Å². The van der Waals surface area contributed by atoms with E-state index in [1.165, 1.54) is 16.5 Å². The van der Waals surface area contributed by atoms with E-state index in [2.05, 4.69) is 56.7 Å². The number of aromatic nitrogens is 2. The van der Waals surface area contributed by atoms with Gasteiger partial charge >= 0.3 is 0 Å². The number of halogens is 2. The molecule has 2 unspecified atom stereocenters. The van der Waals surface area contributed by atoms with E-state index in [-0.39, 0.29) is 25.0 Å². The average molecular weight is 558 g/mol. The zero-order valence-electron chi connectivity index (χ0n) is 20.9. The number of nitrogens with zero attached hydrogens (tertiary/aromatic N) is 3. The normalized spacial score (nSPS) is 25.9. The number of alkyl halides is 1. The Morgan fingerprint density at radius 1 is 1.19 bits per heavy atom. The first-order valence-corrected chi connectivity index (χ1v) is 13.7. The van der Waals surface area contributed by atoms with Crippen molar-refractivity contribution in [3.8, 4) is 5.75 Å². The summed E-state index contributed by atoms with van der Waals surface area (Å²) in [5.41, 5.74) is 4.31. The van der Waals surface area contributed by atoms with E-state index in [9.17, 15) is 4.39 Å². The molecule has 36 heavy (non-hydrogen) atoms. The SMILES string of the molecule is COc1cc(Br)ccc1C1c2ccc3c(cnn3C3CCCCO3)c2C[C@@H](C)N1CC1(CF)COC1. The first-order chi connectivity index (χ1) is 17.5. The molecule has 2 saturated heterocycles. The fourth-order valence-electron chi connectivity index (χ4n) is 6.16. The third kappa shape index (κ3) is 4.06. The van der Waals surface area contributed by atoms with Gasteiger partial charge in [-0.25, -0.2) is 4.68 Å². The minimum Gasteiger partial charge on any atom is -0.496 e. The van der Waals surface area contributed by atoms with E-state index < -0.39 is 5.41 Å². The van der Waals surface area contributed by atoms with Gasteiger partial charge in [0, 0.05) is 34.6 Å². The molecule has 3 aliphatic heterocycles. The molecule has 3 aromatic rings. The van der Waals surface area contributed by atoms with Crippen LogP contribution in [0.1, 0.15) is 55.1 Å². The molecule has 2 fully saturated rings. The van der Waals surface area contributed by atoms with Crippen LogP contribution in [0, 0.1) is 5.41 Å². The molecule has 6 nitrogen and oxygen atoms in total. The summed E-state index contributed by atoms with van der Waals surface area (Å²) < 4.78 is 34.6. The largest absolute Gasteiger partial charge is 0.496 e. The number of hydrogen-bond acceptors (Lipinski definition) is 5. The van der Waals surface area contributed by atoms with Crippen molar-refractivity contribution in [1.82, 2.24) is 14.7 Å². The standard InChI is InChI=1S/C28H33BrFN3O3/c1-18-11-22-20(8-9-24-23(22)13-31-33(24)26-5-3-4-10-36-26)27(21-7-6-19(29)12-25(21)34-2)32(18)15-28(14-30)16-35-17-28/h6-9,12-13,18,26-27H,3-5,10-11,14-17H2,1-2H3/t18-,26?,27?/m1/s1. The second-order valence-corrected chi connectivity index (χ2v) is 11.5. The molecule has 0 aliphatic carbocycles. The van der Waals surface area contributed by atoms with Crippen molar-refractivity contribution in [3.63, 3.8) is 0 Å². The Morgan fingerprint density at radius 2 is 2.03 bits per heavy atom. The van der Waals surface area contributed by atoms with Crippen molar-refractivity contribution < 1.29 is 18.6 Å². The van der Waals surface area contributed by atoms with E-state index in [0.29, 0.717) is 19.8 Å². The third-order valence-corrected chi connectivity index (χ3v) is 8.65. The van der Waals surface area contributed by atoms with Gasteiger partial charge in [0.1, 0.15) is 12.4 Å². The lowest BCUT2D eigenvalue weighted by molar-refractivity contribution is -0.143. The van der Waals surface area contributed by atoms with Crippen LogP contribution in [0.2, 0.25) is 0 Å². The molecule has 0 amide bonds. The highest BCUT2D eigenvalue weighted by Crippen LogP contribution is 2.46. The third-order valence-electron chi connectivity index (χ3n) is 8.16. The zero-order valence-corrected chi connectivity index (χ0v) is 22.5. The van der Waals surface area contributed by atoms with Crippen LogP contribution < -0.4 is 4.74 Å². The quantitative estimate of drug-likeness (QED) is 0.381. The smallest absolute Gasteiger partial charge is 0.150 e. The van der Waals surface area contributed by atoms with Crippen LogP contribution in [0.4, 0.5) is 4.39 Å². The first kappa shape index (κ1) is 24.3. The molecule has 0 saturated carbocycles. The molecule has 1 aromatic heterocycles. The second-order valence-electron chi connectivity index (χ2n) is 10.6. The van der Waals surface area contributed by atoms with Gasteiger partial charge in [0.05, 0.1) is 43.5 Å². The molecule has 0 N–H and O–H groups in total. The fourth-order valence-corrected chi connectivity index (χ4v) is 6.50. The number of fused-ring (bicyclic) bond motifs is 3. The van der Waals surface area contributed by atoms with Crippen LogP contribution in [0.5, 0.6) is 5.75 Å². The lowest BCUT2D eigenvalue weighted by Gasteiger charge is -2.49. The number of ether oxygens (including phenoxy) is 3. The van der Waals surface area contributed by atoms with Gasteiger partial charge in [-0.05, 0) is 61.9 Å². The Labute approximate surface area is 219 Å². The summed E-state index contributed by atoms with van der Waals surface area (Å²) in [4.78, 5) is 2.46. The molecule has 4 heterocycles. The summed E-state index contributed by atoms with van der Waals surface area (Å²) in [6.45, 7) is 4.24. The summed E-state index contributed by atoms with van der Waals surface area (Å²) in [6, 6.07) is 10.8. The number of hydrogen-bond donors (Lipinski definition) is 0. The molecule has 0 spiro atoms. The van der Waals surface area contributed by atoms with Crippen molar-refractivity contribution in [2.45, 2.75) is 50.9 Å². The van der Waals surface area contributed by atoms with Gasteiger partial charge in [0.25, 0.3) is 0 Å². The van der Waals surface area contributed by atoms with Gasteiger partial charge in [0.15, 0.2) is 6.23 Å². The molecule has 3 aliphatic rings. The molecule has 0 bridgehead atoms. The van der Waals surface area contributed by atoms with Gasteiger partial charge in [-0.1, -0.05) is 28.1 Å². The molecule has 192 valence electrons. The Balaban J connectivity index is 1.48. The number of rotatable bonds is 6. The highest BCUT2D eigenvalue weighted by atomic mass is 79.9. The van der Waals surface area contributed by atoms with Crippen molar-refractivity contribution in [1.29, 1.82) is 0 Å². The Hall–Kier alpha value is -2.00. The first-order valence-electron chi connectivity index (χ1n) is 12.9. The second kappa shape index (κ2) is 9.71. The molecule has 3 atom stereocenters. The van der Waals surface area contributed by atoms with E-state index in [1.54, 1.807) is 7.11 Å². The highest BCUT2D eigenvalue weighted by Gasteiger charge is 2.45. The van der Waals surface area contributed by atoms with Crippen molar-refractivity contribution in [3.05, 3.63) is 57.7 Å². The van der Waals surface area contributed by atoms with E-state index in [0.717, 1.165) is 53.6 Å². The molecule has 6 rings (SSSR count). The zero-order chi connectivity index (χ0) is 24.9. The molecule has 0 radical (unpaired) electrons. The van der Waals surface area contributed by atoms with Crippen molar-refractivity contribution >= 4 is 26.8 Å². The van der Waals surface area contributed by atoms with Gasteiger partial charge in [-0.15, -0.1) is 0 Å². The van der Waals surface area contributed by atoms with Crippen LogP contribution in [0.25, 0.3) is 10.9 Å². The average Bonchev–Trinajstić information content (AvgIpc) is 3.32. The van der Waals surface area contributed by atoms with Gasteiger partial charge in [-0.2, -0.15) is 5.10 Å². The van der Waals surface area contributed by atoms with Crippen LogP contribution in [0.15, 0.2) is 41.0 Å². The van der Waals surface area contributed by atoms with Gasteiger partial charge < -0.3 is 14.2 Å².